The van der Waals surface area contributed by atoms with Crippen LogP contribution in [0.3, 0.4) is 0 Å². The van der Waals surface area contributed by atoms with E-state index in [-0.39, 0.29) is 5.91 Å². The molecule has 0 radical (unpaired) electrons. The number of carbonyl (C=O) groups excluding carboxylic acids is 1. The van der Waals surface area contributed by atoms with Gasteiger partial charge in [-0.15, -0.1) is 11.3 Å². The van der Waals surface area contributed by atoms with Crippen molar-refractivity contribution in [3.63, 3.8) is 0 Å². The minimum Gasteiger partial charge on any atom is -0.378 e. The predicted molar refractivity (Wildman–Crippen MR) is 117 cm³/mol. The molecule has 1 amide bonds. The lowest BCUT2D eigenvalue weighted by molar-refractivity contribution is 0.102. The summed E-state index contributed by atoms with van der Waals surface area (Å²) in [4.78, 5) is 24.0. The number of ether oxygens (including phenoxy) is 1. The predicted octanol–water partition coefficient (Wildman–Crippen LogP) is 4.42. The van der Waals surface area contributed by atoms with E-state index in [1.807, 2.05) is 42.6 Å². The second kappa shape index (κ2) is 8.71. The van der Waals surface area contributed by atoms with Crippen molar-refractivity contribution in [3.8, 4) is 10.6 Å². The number of hydrogen-bond acceptors (Lipinski definition) is 6. The molecule has 0 atom stereocenters. The molecule has 1 N–H and O–H groups in total. The van der Waals surface area contributed by atoms with Gasteiger partial charge in [0, 0.05) is 35.9 Å². The van der Waals surface area contributed by atoms with Crippen LogP contribution in [0, 0.1) is 0 Å². The van der Waals surface area contributed by atoms with E-state index in [1.54, 1.807) is 5.38 Å². The Morgan fingerprint density at radius 3 is 2.69 bits per heavy atom. The Bertz CT molecular complexity index is 978. The summed E-state index contributed by atoms with van der Waals surface area (Å²) in [7, 11) is 0. The highest BCUT2D eigenvalue weighted by Gasteiger charge is 2.16. The molecule has 7 heteroatoms. The summed E-state index contributed by atoms with van der Waals surface area (Å²) in [5.74, 6) is 1.07. The number of pyridine rings is 1. The topological polar surface area (TPSA) is 67.4 Å². The maximum Gasteiger partial charge on any atom is 0.275 e. The number of anilines is 2. The summed E-state index contributed by atoms with van der Waals surface area (Å²) < 4.78 is 5.39. The van der Waals surface area contributed by atoms with Crippen LogP contribution < -0.4 is 10.2 Å². The van der Waals surface area contributed by atoms with E-state index in [4.69, 9.17) is 4.74 Å². The van der Waals surface area contributed by atoms with E-state index < -0.39 is 0 Å². The molecule has 1 aliphatic rings. The highest BCUT2D eigenvalue weighted by atomic mass is 32.1. The molecular formula is C22H24N4O2S. The van der Waals surface area contributed by atoms with Crippen molar-refractivity contribution in [1.29, 1.82) is 0 Å². The van der Waals surface area contributed by atoms with Crippen molar-refractivity contribution in [1.82, 2.24) is 9.97 Å². The van der Waals surface area contributed by atoms with Crippen LogP contribution in [0.15, 0.2) is 48.0 Å². The Morgan fingerprint density at radius 1 is 1.17 bits per heavy atom. The van der Waals surface area contributed by atoms with E-state index in [9.17, 15) is 4.79 Å². The quantitative estimate of drug-likeness (QED) is 0.677. The van der Waals surface area contributed by atoms with E-state index in [1.165, 1.54) is 11.3 Å². The van der Waals surface area contributed by atoms with Gasteiger partial charge < -0.3 is 15.0 Å². The highest BCUT2D eigenvalue weighted by Crippen LogP contribution is 2.27. The number of thiazole rings is 1. The lowest BCUT2D eigenvalue weighted by atomic mass is 10.0. The molecule has 1 aromatic carbocycles. The number of hydrogen-bond donors (Lipinski definition) is 1. The second-order valence-corrected chi connectivity index (χ2v) is 8.10. The number of morpholine rings is 1. The Morgan fingerprint density at radius 2 is 1.97 bits per heavy atom. The van der Waals surface area contributed by atoms with Crippen LogP contribution in [0.2, 0.25) is 0 Å². The molecule has 6 nitrogen and oxygen atoms in total. The number of nitrogens with one attached hydrogen (secondary N) is 1. The summed E-state index contributed by atoms with van der Waals surface area (Å²) in [6, 6.07) is 11.9. The standard InChI is InChI=1S/C22H24N4O2S/c1-15(2)17-5-3-4-6-18(17)24-21(27)19-14-29-22(25-19)16-7-8-20(23-13-16)26-9-11-28-12-10-26/h3-8,13-15H,9-12H2,1-2H3,(H,24,27). The molecular weight excluding hydrogens is 384 g/mol. The average Bonchev–Trinajstić information content (AvgIpc) is 3.25. The van der Waals surface area contributed by atoms with Gasteiger partial charge in [0.1, 0.15) is 16.5 Å². The highest BCUT2D eigenvalue weighted by molar-refractivity contribution is 7.13. The van der Waals surface area contributed by atoms with Crippen LogP contribution >= 0.6 is 11.3 Å². The Balaban J connectivity index is 1.47. The molecule has 0 bridgehead atoms. The zero-order chi connectivity index (χ0) is 20.2. The first-order valence-corrected chi connectivity index (χ1v) is 10.6. The first kappa shape index (κ1) is 19.5. The fraction of sp³-hybridized carbons (Fsp3) is 0.318. The van der Waals surface area contributed by atoms with E-state index in [2.05, 4.69) is 34.0 Å². The van der Waals surface area contributed by atoms with Crippen LogP contribution in [-0.2, 0) is 4.74 Å². The molecule has 0 saturated carbocycles. The van der Waals surface area contributed by atoms with Gasteiger partial charge in [-0.25, -0.2) is 9.97 Å². The van der Waals surface area contributed by atoms with Gasteiger partial charge in [0.25, 0.3) is 5.91 Å². The fourth-order valence-electron chi connectivity index (χ4n) is 3.30. The average molecular weight is 409 g/mol. The van der Waals surface area contributed by atoms with Crippen LogP contribution in [-0.4, -0.2) is 42.2 Å². The first-order chi connectivity index (χ1) is 14.1. The SMILES string of the molecule is CC(C)c1ccccc1NC(=O)c1csc(-c2ccc(N3CCOCC3)nc2)n1. The molecule has 4 rings (SSSR count). The molecule has 3 heterocycles. The van der Waals surface area contributed by atoms with Gasteiger partial charge in [0.15, 0.2) is 0 Å². The molecule has 2 aromatic heterocycles. The molecule has 150 valence electrons. The Kier molecular flexibility index (Phi) is 5.87. The van der Waals surface area contributed by atoms with Gasteiger partial charge in [-0.1, -0.05) is 32.0 Å². The molecule has 1 saturated heterocycles. The van der Waals surface area contributed by atoms with Gasteiger partial charge in [0.2, 0.25) is 0 Å². The number of aromatic nitrogens is 2. The van der Waals surface area contributed by atoms with Crippen molar-refractivity contribution >= 4 is 28.7 Å². The van der Waals surface area contributed by atoms with Crippen molar-refractivity contribution in [2.24, 2.45) is 0 Å². The number of benzene rings is 1. The molecule has 1 aliphatic heterocycles. The summed E-state index contributed by atoms with van der Waals surface area (Å²) in [5, 5.41) is 5.57. The molecule has 0 unspecified atom stereocenters. The maximum absolute atomic E-state index is 12.7. The molecule has 3 aromatic rings. The third-order valence-electron chi connectivity index (χ3n) is 4.90. The smallest absolute Gasteiger partial charge is 0.275 e. The largest absolute Gasteiger partial charge is 0.378 e. The van der Waals surface area contributed by atoms with E-state index in [0.717, 1.165) is 53.9 Å². The van der Waals surface area contributed by atoms with Crippen LogP contribution in [0.25, 0.3) is 10.6 Å². The van der Waals surface area contributed by atoms with Gasteiger partial charge in [-0.3, -0.25) is 4.79 Å². The minimum absolute atomic E-state index is 0.196. The third kappa shape index (κ3) is 4.46. The van der Waals surface area contributed by atoms with Gasteiger partial charge >= 0.3 is 0 Å². The lowest BCUT2D eigenvalue weighted by Gasteiger charge is -2.27. The second-order valence-electron chi connectivity index (χ2n) is 7.24. The fourth-order valence-corrected chi connectivity index (χ4v) is 4.09. The summed E-state index contributed by atoms with van der Waals surface area (Å²) >= 11 is 1.45. The number of para-hydroxylation sites is 1. The number of amides is 1. The summed E-state index contributed by atoms with van der Waals surface area (Å²) in [5.41, 5.74) is 3.27. The van der Waals surface area contributed by atoms with Crippen LogP contribution in [0.1, 0.15) is 35.8 Å². The van der Waals surface area contributed by atoms with Crippen molar-refractivity contribution in [2.45, 2.75) is 19.8 Å². The molecule has 29 heavy (non-hydrogen) atoms. The molecule has 0 spiro atoms. The van der Waals surface area contributed by atoms with Crippen molar-refractivity contribution in [2.75, 3.05) is 36.5 Å². The van der Waals surface area contributed by atoms with Crippen LogP contribution in [0.4, 0.5) is 11.5 Å². The number of nitrogens with zero attached hydrogens (tertiary/aromatic N) is 3. The van der Waals surface area contributed by atoms with Gasteiger partial charge in [-0.05, 0) is 29.7 Å². The molecule has 0 aliphatic carbocycles. The third-order valence-corrected chi connectivity index (χ3v) is 5.79. The zero-order valence-electron chi connectivity index (χ0n) is 16.6. The van der Waals surface area contributed by atoms with E-state index >= 15 is 0 Å². The molecule has 1 fully saturated rings. The van der Waals surface area contributed by atoms with E-state index in [0.29, 0.717) is 11.6 Å². The minimum atomic E-state index is -0.196. The van der Waals surface area contributed by atoms with Gasteiger partial charge in [-0.2, -0.15) is 0 Å². The monoisotopic (exact) mass is 408 g/mol. The van der Waals surface area contributed by atoms with Crippen molar-refractivity contribution in [3.05, 3.63) is 59.2 Å². The first-order valence-electron chi connectivity index (χ1n) is 9.77. The van der Waals surface area contributed by atoms with Gasteiger partial charge in [0.05, 0.1) is 13.2 Å². The maximum atomic E-state index is 12.7. The Labute approximate surface area is 174 Å². The van der Waals surface area contributed by atoms with Crippen LogP contribution in [0.5, 0.6) is 0 Å². The summed E-state index contributed by atoms with van der Waals surface area (Å²) in [6.45, 7) is 7.39. The number of carbonyl (C=O) groups is 1. The zero-order valence-corrected chi connectivity index (χ0v) is 17.4. The number of rotatable bonds is 5. The Hall–Kier alpha value is -2.77. The van der Waals surface area contributed by atoms with Crippen molar-refractivity contribution < 1.29 is 9.53 Å². The summed E-state index contributed by atoms with van der Waals surface area (Å²) in [6.07, 6.45) is 1.82. The lowest BCUT2D eigenvalue weighted by Crippen LogP contribution is -2.36. The normalized spacial score (nSPS) is 14.2.